The van der Waals surface area contributed by atoms with Crippen LogP contribution in [0.1, 0.15) is 5.56 Å². The van der Waals surface area contributed by atoms with Gasteiger partial charge >= 0.3 is 0 Å². The van der Waals surface area contributed by atoms with Crippen LogP contribution in [0, 0.1) is 0 Å². The zero-order valence-corrected chi connectivity index (χ0v) is 11.1. The molecule has 0 unspecified atom stereocenters. The van der Waals surface area contributed by atoms with Crippen molar-refractivity contribution >= 4 is 28.5 Å². The summed E-state index contributed by atoms with van der Waals surface area (Å²) in [7, 11) is 1.86. The third kappa shape index (κ3) is 2.37. The summed E-state index contributed by atoms with van der Waals surface area (Å²) in [5.41, 5.74) is 1.95. The summed E-state index contributed by atoms with van der Waals surface area (Å²) in [6.45, 7) is 0.679. The fourth-order valence-electron chi connectivity index (χ4n) is 1.89. The lowest BCUT2D eigenvalue weighted by atomic mass is 10.2. The van der Waals surface area contributed by atoms with Crippen molar-refractivity contribution in [1.29, 1.82) is 0 Å². The summed E-state index contributed by atoms with van der Waals surface area (Å²) >= 11 is 5.86. The number of aryl methyl sites for hydroxylation is 1. The average Bonchev–Trinajstić information content (AvgIpc) is 2.81. The van der Waals surface area contributed by atoms with E-state index < -0.39 is 0 Å². The second-order valence-electron chi connectivity index (χ2n) is 4.21. The first-order chi connectivity index (χ1) is 9.24. The molecule has 0 radical (unpaired) electrons. The summed E-state index contributed by atoms with van der Waals surface area (Å²) in [6.07, 6.45) is 3.30. The number of hydrogen-bond donors (Lipinski definition) is 1. The number of halogens is 1. The summed E-state index contributed by atoms with van der Waals surface area (Å²) in [5, 5.41) is 9.12. The normalized spacial score (nSPS) is 10.8. The summed E-state index contributed by atoms with van der Waals surface area (Å²) in [5.74, 6) is 0.785. The van der Waals surface area contributed by atoms with Gasteiger partial charge in [0, 0.05) is 18.6 Å². The molecular weight excluding hydrogens is 262 g/mol. The van der Waals surface area contributed by atoms with E-state index >= 15 is 0 Å². The Morgan fingerprint density at radius 3 is 2.79 bits per heavy atom. The Morgan fingerprint density at radius 2 is 2.00 bits per heavy atom. The highest BCUT2D eigenvalue weighted by atomic mass is 35.5. The number of nitrogens with zero attached hydrogens (tertiary/aromatic N) is 4. The van der Waals surface area contributed by atoms with Crippen molar-refractivity contribution < 1.29 is 0 Å². The van der Waals surface area contributed by atoms with Gasteiger partial charge in [0.15, 0.2) is 5.65 Å². The minimum atomic E-state index is 0.679. The number of rotatable bonds is 3. The van der Waals surface area contributed by atoms with E-state index in [9.17, 15) is 0 Å². The van der Waals surface area contributed by atoms with Crippen molar-refractivity contribution in [2.24, 2.45) is 7.05 Å². The molecule has 0 saturated heterocycles. The van der Waals surface area contributed by atoms with Gasteiger partial charge in [-0.3, -0.25) is 4.68 Å². The first-order valence-electron chi connectivity index (χ1n) is 5.85. The molecule has 0 bridgehead atoms. The quantitative estimate of drug-likeness (QED) is 0.797. The van der Waals surface area contributed by atoms with Gasteiger partial charge in [0.05, 0.1) is 11.6 Å². The van der Waals surface area contributed by atoms with Crippen molar-refractivity contribution in [3.05, 3.63) is 47.4 Å². The molecule has 96 valence electrons. The maximum absolute atomic E-state index is 5.86. The Labute approximate surface area is 115 Å². The second kappa shape index (κ2) is 4.85. The number of fused-ring (bicyclic) bond motifs is 1. The molecule has 0 saturated carbocycles. The fraction of sp³-hybridized carbons (Fsp3) is 0.154. The smallest absolute Gasteiger partial charge is 0.163 e. The third-order valence-electron chi connectivity index (χ3n) is 2.90. The molecule has 6 heteroatoms. The highest BCUT2D eigenvalue weighted by molar-refractivity contribution is 6.30. The Kier molecular flexibility index (Phi) is 3.05. The molecule has 5 nitrogen and oxygen atoms in total. The standard InChI is InChI=1S/C13H12ClN5/c1-19-13-11(7-18-19)12(16-8-17-13)15-6-9-2-4-10(14)5-3-9/h2-5,7-8H,6H2,1H3,(H,15,16,17). The SMILES string of the molecule is Cn1ncc2c(NCc3ccc(Cl)cc3)ncnc21. The van der Waals surface area contributed by atoms with Gasteiger partial charge in [-0.05, 0) is 17.7 Å². The van der Waals surface area contributed by atoms with Crippen molar-refractivity contribution in [1.82, 2.24) is 19.7 Å². The first kappa shape index (κ1) is 11.9. The Hall–Kier alpha value is -2.14. The molecule has 0 atom stereocenters. The van der Waals surface area contributed by atoms with Gasteiger partial charge in [0.1, 0.15) is 12.1 Å². The summed E-state index contributed by atoms with van der Waals surface area (Å²) < 4.78 is 1.73. The van der Waals surface area contributed by atoms with Gasteiger partial charge in [-0.1, -0.05) is 23.7 Å². The first-order valence-corrected chi connectivity index (χ1v) is 6.23. The molecule has 0 amide bonds. The minimum Gasteiger partial charge on any atom is -0.365 e. The molecule has 0 spiro atoms. The molecule has 1 aromatic carbocycles. The Morgan fingerprint density at radius 1 is 1.21 bits per heavy atom. The van der Waals surface area contributed by atoms with E-state index in [0.29, 0.717) is 6.54 Å². The number of benzene rings is 1. The van der Waals surface area contributed by atoms with Crippen molar-refractivity contribution in [3.63, 3.8) is 0 Å². The molecule has 2 heterocycles. The number of anilines is 1. The zero-order valence-electron chi connectivity index (χ0n) is 10.3. The predicted octanol–water partition coefficient (Wildman–Crippen LogP) is 2.63. The molecule has 0 aliphatic rings. The molecular formula is C13H12ClN5. The minimum absolute atomic E-state index is 0.679. The maximum atomic E-state index is 5.86. The van der Waals surface area contributed by atoms with Crippen LogP contribution < -0.4 is 5.32 Å². The fourth-order valence-corrected chi connectivity index (χ4v) is 2.02. The molecule has 2 aromatic heterocycles. The molecule has 1 N–H and O–H groups in total. The monoisotopic (exact) mass is 273 g/mol. The van der Waals surface area contributed by atoms with E-state index in [1.807, 2.05) is 31.3 Å². The van der Waals surface area contributed by atoms with Crippen LogP contribution in [0.25, 0.3) is 11.0 Å². The van der Waals surface area contributed by atoms with Gasteiger partial charge < -0.3 is 5.32 Å². The average molecular weight is 274 g/mol. The van der Waals surface area contributed by atoms with Crippen molar-refractivity contribution in [2.75, 3.05) is 5.32 Å². The van der Waals surface area contributed by atoms with Crippen molar-refractivity contribution in [2.45, 2.75) is 6.54 Å². The lowest BCUT2D eigenvalue weighted by Crippen LogP contribution is -2.02. The van der Waals surface area contributed by atoms with Crippen LogP contribution in [0.15, 0.2) is 36.8 Å². The van der Waals surface area contributed by atoms with Gasteiger partial charge in [-0.25, -0.2) is 9.97 Å². The molecule has 0 fully saturated rings. The van der Waals surface area contributed by atoms with E-state index in [2.05, 4.69) is 20.4 Å². The Bertz CT molecular complexity index is 705. The van der Waals surface area contributed by atoms with E-state index in [1.165, 1.54) is 6.33 Å². The van der Waals surface area contributed by atoms with E-state index in [0.717, 1.165) is 27.4 Å². The molecule has 3 rings (SSSR count). The summed E-state index contributed by atoms with van der Waals surface area (Å²) in [4.78, 5) is 8.45. The van der Waals surface area contributed by atoms with Crippen LogP contribution in [0.5, 0.6) is 0 Å². The topological polar surface area (TPSA) is 55.6 Å². The van der Waals surface area contributed by atoms with Crippen LogP contribution in [0.2, 0.25) is 5.02 Å². The van der Waals surface area contributed by atoms with Crippen LogP contribution >= 0.6 is 11.6 Å². The van der Waals surface area contributed by atoms with E-state index in [4.69, 9.17) is 11.6 Å². The number of aromatic nitrogens is 4. The summed E-state index contributed by atoms with van der Waals surface area (Å²) in [6, 6.07) is 7.71. The highest BCUT2D eigenvalue weighted by Crippen LogP contribution is 2.18. The van der Waals surface area contributed by atoms with E-state index in [-0.39, 0.29) is 0 Å². The van der Waals surface area contributed by atoms with Crippen LogP contribution in [0.3, 0.4) is 0 Å². The van der Waals surface area contributed by atoms with Crippen LogP contribution in [-0.4, -0.2) is 19.7 Å². The van der Waals surface area contributed by atoms with Gasteiger partial charge in [-0.15, -0.1) is 0 Å². The third-order valence-corrected chi connectivity index (χ3v) is 3.15. The van der Waals surface area contributed by atoms with Gasteiger partial charge in [0.25, 0.3) is 0 Å². The second-order valence-corrected chi connectivity index (χ2v) is 4.64. The zero-order chi connectivity index (χ0) is 13.2. The Balaban J connectivity index is 1.83. The predicted molar refractivity (Wildman–Crippen MR) is 75.1 cm³/mol. The van der Waals surface area contributed by atoms with Crippen molar-refractivity contribution in [3.8, 4) is 0 Å². The molecule has 3 aromatic rings. The highest BCUT2D eigenvalue weighted by Gasteiger charge is 2.07. The largest absolute Gasteiger partial charge is 0.365 e. The lowest BCUT2D eigenvalue weighted by molar-refractivity contribution is 0.785. The molecule has 0 aliphatic carbocycles. The van der Waals surface area contributed by atoms with Crippen LogP contribution in [0.4, 0.5) is 5.82 Å². The molecule has 19 heavy (non-hydrogen) atoms. The lowest BCUT2D eigenvalue weighted by Gasteiger charge is -2.06. The van der Waals surface area contributed by atoms with Gasteiger partial charge in [-0.2, -0.15) is 5.10 Å². The van der Waals surface area contributed by atoms with E-state index in [1.54, 1.807) is 10.9 Å². The number of hydrogen-bond acceptors (Lipinski definition) is 4. The maximum Gasteiger partial charge on any atom is 0.163 e. The van der Waals surface area contributed by atoms with Crippen LogP contribution in [-0.2, 0) is 13.6 Å². The van der Waals surface area contributed by atoms with Gasteiger partial charge in [0.2, 0.25) is 0 Å². The number of nitrogens with one attached hydrogen (secondary N) is 1. The molecule has 0 aliphatic heterocycles.